The van der Waals surface area contributed by atoms with E-state index in [0.29, 0.717) is 5.56 Å². The first-order valence-electron chi connectivity index (χ1n) is 3.65. The topological polar surface area (TPSA) is 52.9 Å². The number of carbonyl (C=O) groups is 1. The fourth-order valence-electron chi connectivity index (χ4n) is 0.860. The van der Waals surface area contributed by atoms with Crippen LogP contribution in [-0.4, -0.2) is 12.5 Å². The summed E-state index contributed by atoms with van der Waals surface area (Å²) in [7, 11) is 0. The van der Waals surface area contributed by atoms with Crippen LogP contribution < -0.4 is 5.32 Å². The average Bonchev–Trinajstić information content (AvgIpc) is 2.15. The van der Waals surface area contributed by atoms with Crippen LogP contribution in [0, 0.1) is 11.3 Å². The molecule has 1 rings (SSSR count). The van der Waals surface area contributed by atoms with Crippen LogP contribution in [0.5, 0.6) is 0 Å². The largest absolute Gasteiger partial charge is 0.339 e. The molecule has 0 aliphatic carbocycles. The van der Waals surface area contributed by atoms with Gasteiger partial charge in [0.15, 0.2) is 0 Å². The number of hydrogen-bond acceptors (Lipinski definition) is 2. The smallest absolute Gasteiger partial charge is 0.253 e. The molecule has 1 aromatic rings. The van der Waals surface area contributed by atoms with Gasteiger partial charge in [-0.15, -0.1) is 0 Å². The first-order valence-corrected chi connectivity index (χ1v) is 4.44. The third-order valence-electron chi connectivity index (χ3n) is 1.45. The van der Waals surface area contributed by atoms with Gasteiger partial charge in [-0.05, 0) is 28.1 Å². The van der Waals surface area contributed by atoms with Crippen molar-refractivity contribution in [1.29, 1.82) is 5.26 Å². The second-order valence-corrected chi connectivity index (χ2v) is 3.17. The van der Waals surface area contributed by atoms with Crippen molar-refractivity contribution in [3.05, 3.63) is 34.3 Å². The highest BCUT2D eigenvalue weighted by molar-refractivity contribution is 9.10. The Morgan fingerprint density at radius 3 is 2.85 bits per heavy atom. The van der Waals surface area contributed by atoms with E-state index in [1.807, 2.05) is 12.1 Å². The van der Waals surface area contributed by atoms with Crippen molar-refractivity contribution in [3.8, 4) is 6.07 Å². The Kier molecular flexibility index (Phi) is 3.47. The summed E-state index contributed by atoms with van der Waals surface area (Å²) in [6, 6.07) is 8.91. The fourth-order valence-corrected chi connectivity index (χ4v) is 1.33. The van der Waals surface area contributed by atoms with Crippen molar-refractivity contribution in [2.24, 2.45) is 0 Å². The summed E-state index contributed by atoms with van der Waals surface area (Å²) in [6.07, 6.45) is 0. The summed E-state index contributed by atoms with van der Waals surface area (Å²) in [5, 5.41) is 10.7. The molecule has 0 aliphatic rings. The molecule has 1 aromatic carbocycles. The number of nitrogens with zero attached hydrogens (tertiary/aromatic N) is 1. The van der Waals surface area contributed by atoms with Gasteiger partial charge in [-0.3, -0.25) is 4.79 Å². The number of hydrogen-bond donors (Lipinski definition) is 1. The number of carbonyl (C=O) groups excluding carboxylic acids is 1. The quantitative estimate of drug-likeness (QED) is 0.798. The maximum Gasteiger partial charge on any atom is 0.253 e. The highest BCUT2D eigenvalue weighted by atomic mass is 79.9. The number of halogens is 1. The molecule has 13 heavy (non-hydrogen) atoms. The normalized spacial score (nSPS) is 8.92. The van der Waals surface area contributed by atoms with Gasteiger partial charge in [0.1, 0.15) is 6.54 Å². The number of nitriles is 1. The predicted molar refractivity (Wildman–Crippen MR) is 52.1 cm³/mol. The number of rotatable bonds is 2. The zero-order chi connectivity index (χ0) is 9.68. The standard InChI is InChI=1S/C9H7BrN2O/c10-8-4-2-1-3-7(8)9(13)12-6-5-11/h1-4H,6H2,(H,12,13). The maximum absolute atomic E-state index is 11.3. The molecular formula is C9H7BrN2O. The molecule has 0 aromatic heterocycles. The van der Waals surface area contributed by atoms with Crippen molar-refractivity contribution in [2.45, 2.75) is 0 Å². The van der Waals surface area contributed by atoms with E-state index in [1.54, 1.807) is 18.2 Å². The Labute approximate surface area is 84.5 Å². The molecule has 0 aliphatic heterocycles. The first-order chi connectivity index (χ1) is 6.25. The van der Waals surface area contributed by atoms with E-state index in [0.717, 1.165) is 4.47 Å². The van der Waals surface area contributed by atoms with Crippen molar-refractivity contribution < 1.29 is 4.79 Å². The minimum Gasteiger partial charge on any atom is -0.339 e. The summed E-state index contributed by atoms with van der Waals surface area (Å²) < 4.78 is 0.727. The van der Waals surface area contributed by atoms with Crippen molar-refractivity contribution >= 4 is 21.8 Å². The van der Waals surface area contributed by atoms with Gasteiger partial charge in [0, 0.05) is 4.47 Å². The van der Waals surface area contributed by atoms with Crippen LogP contribution in [0.25, 0.3) is 0 Å². The zero-order valence-corrected chi connectivity index (χ0v) is 8.34. The highest BCUT2D eigenvalue weighted by Crippen LogP contribution is 2.15. The van der Waals surface area contributed by atoms with E-state index in [4.69, 9.17) is 5.26 Å². The van der Waals surface area contributed by atoms with Crippen molar-refractivity contribution in [3.63, 3.8) is 0 Å². The van der Waals surface area contributed by atoms with Gasteiger partial charge in [-0.25, -0.2) is 0 Å². The first kappa shape index (κ1) is 9.75. The molecule has 1 amide bonds. The molecule has 0 saturated heterocycles. The lowest BCUT2D eigenvalue weighted by Crippen LogP contribution is -2.23. The number of amides is 1. The van der Waals surface area contributed by atoms with Gasteiger partial charge in [0.25, 0.3) is 5.91 Å². The molecule has 66 valence electrons. The van der Waals surface area contributed by atoms with Crippen molar-refractivity contribution in [2.75, 3.05) is 6.54 Å². The molecule has 1 N–H and O–H groups in total. The Bertz CT molecular complexity index is 357. The van der Waals surface area contributed by atoms with E-state index < -0.39 is 0 Å². The minimum atomic E-state index is -0.242. The monoisotopic (exact) mass is 238 g/mol. The van der Waals surface area contributed by atoms with Crippen LogP contribution in [-0.2, 0) is 0 Å². The molecule has 3 nitrogen and oxygen atoms in total. The molecule has 0 spiro atoms. The summed E-state index contributed by atoms with van der Waals surface area (Å²) >= 11 is 3.25. The van der Waals surface area contributed by atoms with E-state index in [9.17, 15) is 4.79 Å². The third-order valence-corrected chi connectivity index (χ3v) is 2.14. The SMILES string of the molecule is N#CCNC(=O)c1ccccc1Br. The van der Waals surface area contributed by atoms with Crippen LogP contribution in [0.3, 0.4) is 0 Å². The molecule has 0 atom stereocenters. The second-order valence-electron chi connectivity index (χ2n) is 2.32. The predicted octanol–water partition coefficient (Wildman–Crippen LogP) is 1.70. The number of nitrogens with one attached hydrogen (secondary N) is 1. The molecule has 0 heterocycles. The van der Waals surface area contributed by atoms with Crippen LogP contribution in [0.1, 0.15) is 10.4 Å². The van der Waals surface area contributed by atoms with E-state index in [2.05, 4.69) is 21.2 Å². The summed E-state index contributed by atoms with van der Waals surface area (Å²) in [6.45, 7) is 0.0279. The molecule has 0 saturated carbocycles. The molecule has 0 unspecified atom stereocenters. The lowest BCUT2D eigenvalue weighted by Gasteiger charge is -2.02. The highest BCUT2D eigenvalue weighted by Gasteiger charge is 2.06. The lowest BCUT2D eigenvalue weighted by molar-refractivity contribution is 0.0958. The summed E-state index contributed by atoms with van der Waals surface area (Å²) in [5.74, 6) is -0.242. The molecule has 0 bridgehead atoms. The van der Waals surface area contributed by atoms with Crippen LogP contribution >= 0.6 is 15.9 Å². The van der Waals surface area contributed by atoms with Gasteiger partial charge in [0.2, 0.25) is 0 Å². The van der Waals surface area contributed by atoms with Gasteiger partial charge >= 0.3 is 0 Å². The Morgan fingerprint density at radius 1 is 1.54 bits per heavy atom. The number of benzene rings is 1. The lowest BCUT2D eigenvalue weighted by atomic mass is 10.2. The van der Waals surface area contributed by atoms with E-state index in [-0.39, 0.29) is 12.5 Å². The second kappa shape index (κ2) is 4.63. The Hall–Kier alpha value is -1.34. The summed E-state index contributed by atoms with van der Waals surface area (Å²) in [5.41, 5.74) is 0.540. The van der Waals surface area contributed by atoms with Crippen LogP contribution in [0.15, 0.2) is 28.7 Å². The zero-order valence-electron chi connectivity index (χ0n) is 6.75. The molecule has 4 heteroatoms. The Balaban J connectivity index is 2.78. The van der Waals surface area contributed by atoms with Gasteiger partial charge in [0.05, 0.1) is 11.6 Å². The fraction of sp³-hybridized carbons (Fsp3) is 0.111. The van der Waals surface area contributed by atoms with E-state index >= 15 is 0 Å². The molecule has 0 fully saturated rings. The third kappa shape index (κ3) is 2.56. The maximum atomic E-state index is 11.3. The van der Waals surface area contributed by atoms with Crippen LogP contribution in [0.4, 0.5) is 0 Å². The Morgan fingerprint density at radius 2 is 2.23 bits per heavy atom. The molecular weight excluding hydrogens is 232 g/mol. The average molecular weight is 239 g/mol. The van der Waals surface area contributed by atoms with Gasteiger partial charge < -0.3 is 5.32 Å². The summed E-state index contributed by atoms with van der Waals surface area (Å²) in [4.78, 5) is 11.3. The van der Waals surface area contributed by atoms with Crippen LogP contribution in [0.2, 0.25) is 0 Å². The minimum absolute atomic E-state index is 0.0279. The van der Waals surface area contributed by atoms with Gasteiger partial charge in [-0.2, -0.15) is 5.26 Å². The van der Waals surface area contributed by atoms with Gasteiger partial charge in [-0.1, -0.05) is 12.1 Å². The molecule has 0 radical (unpaired) electrons. The van der Waals surface area contributed by atoms with E-state index in [1.165, 1.54) is 0 Å². The van der Waals surface area contributed by atoms with Crippen molar-refractivity contribution in [1.82, 2.24) is 5.32 Å².